The monoisotopic (exact) mass is 384 g/mol. The van der Waals surface area contributed by atoms with Gasteiger partial charge in [0.25, 0.3) is 5.56 Å². The summed E-state index contributed by atoms with van der Waals surface area (Å²) in [5.41, 5.74) is 2.64. The summed E-state index contributed by atoms with van der Waals surface area (Å²) in [5, 5.41) is 2.66. The molecule has 1 unspecified atom stereocenters. The third-order valence-electron chi connectivity index (χ3n) is 4.17. The van der Waals surface area contributed by atoms with E-state index in [2.05, 4.69) is 11.6 Å². The molecule has 0 bridgehead atoms. The van der Waals surface area contributed by atoms with Crippen molar-refractivity contribution in [2.24, 2.45) is 0 Å². The normalized spacial score (nSPS) is 12.3. The second-order valence-electron chi connectivity index (χ2n) is 6.18. The van der Waals surface area contributed by atoms with Crippen molar-refractivity contribution in [3.05, 3.63) is 69.3 Å². The van der Waals surface area contributed by atoms with Crippen molar-refractivity contribution in [1.29, 1.82) is 0 Å². The van der Waals surface area contributed by atoms with Gasteiger partial charge in [-0.2, -0.15) is 0 Å². The zero-order valence-electron chi connectivity index (χ0n) is 15.0. The lowest BCUT2D eigenvalue weighted by atomic mass is 10.0. The molecule has 0 fully saturated rings. The predicted octanol–water partition coefficient (Wildman–Crippen LogP) is 4.62. The van der Waals surface area contributed by atoms with Crippen LogP contribution in [0.2, 0.25) is 0 Å². The SMILES string of the molecule is C=CCn1c(SC(C)C(=O)c2cc(C)ccc2C)nc2sccc2c1=O. The lowest BCUT2D eigenvalue weighted by Gasteiger charge is -2.15. The Labute approximate surface area is 160 Å². The van der Waals surface area contributed by atoms with Gasteiger partial charge in [-0.1, -0.05) is 35.5 Å². The van der Waals surface area contributed by atoms with Gasteiger partial charge in [0.05, 0.1) is 10.6 Å². The maximum atomic E-state index is 12.9. The number of allylic oxidation sites excluding steroid dienone is 1. The van der Waals surface area contributed by atoms with E-state index in [4.69, 9.17) is 0 Å². The highest BCUT2D eigenvalue weighted by molar-refractivity contribution is 8.00. The predicted molar refractivity (Wildman–Crippen MR) is 110 cm³/mol. The number of aryl methyl sites for hydroxylation is 2. The fourth-order valence-electron chi connectivity index (χ4n) is 2.74. The van der Waals surface area contributed by atoms with Crippen molar-refractivity contribution in [2.45, 2.75) is 37.7 Å². The quantitative estimate of drug-likeness (QED) is 0.269. The Kier molecular flexibility index (Phi) is 5.44. The van der Waals surface area contributed by atoms with Crippen LogP contribution in [-0.2, 0) is 6.54 Å². The Morgan fingerprint density at radius 1 is 1.38 bits per heavy atom. The molecule has 0 aliphatic rings. The highest BCUT2D eigenvalue weighted by atomic mass is 32.2. The number of nitrogens with zero attached hydrogens (tertiary/aromatic N) is 2. The molecule has 2 heterocycles. The number of hydrogen-bond donors (Lipinski definition) is 0. The minimum Gasteiger partial charge on any atom is -0.293 e. The summed E-state index contributed by atoms with van der Waals surface area (Å²) in [5.74, 6) is 0.0434. The number of Topliss-reactive ketones (excluding diaryl/α,β-unsaturated/α-hetero) is 1. The molecule has 2 aromatic heterocycles. The van der Waals surface area contributed by atoms with Crippen LogP contribution < -0.4 is 5.56 Å². The molecule has 0 aliphatic heterocycles. The average Bonchev–Trinajstić information content (AvgIpc) is 3.08. The second kappa shape index (κ2) is 7.60. The highest BCUT2D eigenvalue weighted by Crippen LogP contribution is 2.27. The summed E-state index contributed by atoms with van der Waals surface area (Å²) in [6.07, 6.45) is 1.67. The van der Waals surface area contributed by atoms with E-state index in [1.807, 2.05) is 44.4 Å². The molecule has 3 rings (SSSR count). The maximum absolute atomic E-state index is 12.9. The van der Waals surface area contributed by atoms with E-state index < -0.39 is 0 Å². The molecule has 26 heavy (non-hydrogen) atoms. The molecule has 0 saturated carbocycles. The zero-order chi connectivity index (χ0) is 18.8. The van der Waals surface area contributed by atoms with E-state index in [1.165, 1.54) is 23.1 Å². The Balaban J connectivity index is 1.98. The van der Waals surface area contributed by atoms with Crippen molar-refractivity contribution in [2.75, 3.05) is 0 Å². The van der Waals surface area contributed by atoms with E-state index >= 15 is 0 Å². The van der Waals surface area contributed by atoms with Crippen LogP contribution in [0.15, 0.2) is 52.3 Å². The van der Waals surface area contributed by atoms with Crippen molar-refractivity contribution in [3.63, 3.8) is 0 Å². The first kappa shape index (κ1) is 18.6. The van der Waals surface area contributed by atoms with Gasteiger partial charge in [0.1, 0.15) is 4.83 Å². The molecule has 6 heteroatoms. The van der Waals surface area contributed by atoms with E-state index in [0.29, 0.717) is 21.9 Å². The van der Waals surface area contributed by atoms with E-state index in [-0.39, 0.29) is 16.6 Å². The maximum Gasteiger partial charge on any atom is 0.263 e. The number of benzene rings is 1. The molecule has 0 saturated heterocycles. The summed E-state index contributed by atoms with van der Waals surface area (Å²) in [7, 11) is 0. The number of carbonyl (C=O) groups is 1. The van der Waals surface area contributed by atoms with Crippen molar-refractivity contribution in [3.8, 4) is 0 Å². The molecule has 0 spiro atoms. The Morgan fingerprint density at radius 2 is 2.15 bits per heavy atom. The van der Waals surface area contributed by atoms with Gasteiger partial charge in [-0.3, -0.25) is 14.2 Å². The lowest BCUT2D eigenvalue weighted by molar-refractivity contribution is 0.0993. The molecule has 134 valence electrons. The molecule has 0 radical (unpaired) electrons. The van der Waals surface area contributed by atoms with Crippen LogP contribution in [0.5, 0.6) is 0 Å². The van der Waals surface area contributed by atoms with Gasteiger partial charge >= 0.3 is 0 Å². The van der Waals surface area contributed by atoms with Crippen molar-refractivity contribution < 1.29 is 4.79 Å². The van der Waals surface area contributed by atoms with Crippen LogP contribution in [0.25, 0.3) is 10.2 Å². The minimum atomic E-state index is -0.351. The molecular formula is C20H20N2O2S2. The number of ketones is 1. The fraction of sp³-hybridized carbons (Fsp3) is 0.250. The molecule has 0 N–H and O–H groups in total. The number of carbonyl (C=O) groups excluding carboxylic acids is 1. The van der Waals surface area contributed by atoms with Gasteiger partial charge in [0.15, 0.2) is 10.9 Å². The molecule has 1 aromatic carbocycles. The van der Waals surface area contributed by atoms with Gasteiger partial charge in [0, 0.05) is 12.1 Å². The first-order valence-corrected chi connectivity index (χ1v) is 10.1. The van der Waals surface area contributed by atoms with Gasteiger partial charge in [0.2, 0.25) is 0 Å². The summed E-state index contributed by atoms with van der Waals surface area (Å²) >= 11 is 2.75. The van der Waals surface area contributed by atoms with Crippen molar-refractivity contribution >= 4 is 39.1 Å². The minimum absolute atomic E-state index is 0.0434. The van der Waals surface area contributed by atoms with Gasteiger partial charge < -0.3 is 0 Å². The summed E-state index contributed by atoms with van der Waals surface area (Å²) in [6.45, 7) is 9.86. The third-order valence-corrected chi connectivity index (χ3v) is 6.07. The molecule has 3 aromatic rings. The molecule has 1 atom stereocenters. The van der Waals surface area contributed by atoms with Crippen LogP contribution in [0.4, 0.5) is 0 Å². The smallest absolute Gasteiger partial charge is 0.263 e. The van der Waals surface area contributed by atoms with Crippen LogP contribution in [0, 0.1) is 13.8 Å². The number of rotatable bonds is 6. The summed E-state index contributed by atoms with van der Waals surface area (Å²) in [6, 6.07) is 7.66. The molecular weight excluding hydrogens is 364 g/mol. The van der Waals surface area contributed by atoms with Gasteiger partial charge in [-0.25, -0.2) is 4.98 Å². The molecule has 0 amide bonds. The number of thiophene rings is 1. The van der Waals surface area contributed by atoms with E-state index in [9.17, 15) is 9.59 Å². The van der Waals surface area contributed by atoms with Crippen molar-refractivity contribution in [1.82, 2.24) is 9.55 Å². The standard InChI is InChI=1S/C20H20N2O2S2/c1-5-9-22-19(24)15-8-10-25-18(15)21-20(22)26-14(4)17(23)16-11-12(2)6-7-13(16)3/h5-8,10-11,14H,1,9H2,2-4H3. The second-order valence-corrected chi connectivity index (χ2v) is 8.38. The Hall–Kier alpha value is -2.18. The summed E-state index contributed by atoms with van der Waals surface area (Å²) < 4.78 is 1.58. The fourth-order valence-corrected chi connectivity index (χ4v) is 4.53. The van der Waals surface area contributed by atoms with Gasteiger partial charge in [-0.15, -0.1) is 17.9 Å². The van der Waals surface area contributed by atoms with Gasteiger partial charge in [-0.05, 0) is 43.8 Å². The first-order chi connectivity index (χ1) is 12.4. The average molecular weight is 385 g/mol. The Bertz CT molecular complexity index is 1050. The van der Waals surface area contributed by atoms with Crippen LogP contribution in [0.1, 0.15) is 28.4 Å². The largest absolute Gasteiger partial charge is 0.293 e. The van der Waals surface area contributed by atoms with Crippen LogP contribution in [0.3, 0.4) is 0 Å². The number of hydrogen-bond acceptors (Lipinski definition) is 5. The number of thioether (sulfide) groups is 1. The molecule has 0 aliphatic carbocycles. The van der Waals surface area contributed by atoms with E-state index in [1.54, 1.807) is 16.7 Å². The highest BCUT2D eigenvalue weighted by Gasteiger charge is 2.22. The first-order valence-electron chi connectivity index (χ1n) is 8.29. The van der Waals surface area contributed by atoms with Crippen LogP contribution >= 0.6 is 23.1 Å². The molecule has 4 nitrogen and oxygen atoms in total. The zero-order valence-corrected chi connectivity index (χ0v) is 16.6. The number of fused-ring (bicyclic) bond motifs is 1. The summed E-state index contributed by atoms with van der Waals surface area (Å²) in [4.78, 5) is 31.0. The number of aromatic nitrogens is 2. The van der Waals surface area contributed by atoms with Crippen LogP contribution in [-0.4, -0.2) is 20.6 Å². The topological polar surface area (TPSA) is 52.0 Å². The Morgan fingerprint density at radius 3 is 2.88 bits per heavy atom. The third kappa shape index (κ3) is 3.52. The lowest BCUT2D eigenvalue weighted by Crippen LogP contribution is -2.24. The van der Waals surface area contributed by atoms with E-state index in [0.717, 1.165) is 16.7 Å².